The SMILES string of the molecule is O=C(NC1CCC(n2nnc(-c3ccccc3)n2)CC1)[C@@H]1CC(F)(F)CN1. The van der Waals surface area contributed by atoms with Crippen LogP contribution >= 0.6 is 0 Å². The third-order valence-electron chi connectivity index (χ3n) is 5.26. The summed E-state index contributed by atoms with van der Waals surface area (Å²) < 4.78 is 26.5. The normalized spacial score (nSPS) is 27.4. The van der Waals surface area contributed by atoms with Gasteiger partial charge in [0.05, 0.1) is 18.6 Å². The van der Waals surface area contributed by atoms with Gasteiger partial charge in [0.1, 0.15) is 0 Å². The molecule has 1 saturated heterocycles. The van der Waals surface area contributed by atoms with Gasteiger partial charge in [-0.3, -0.25) is 10.1 Å². The van der Waals surface area contributed by atoms with Crippen LogP contribution in [0.5, 0.6) is 0 Å². The van der Waals surface area contributed by atoms with Crippen LogP contribution < -0.4 is 10.6 Å². The Kier molecular flexibility index (Phi) is 4.86. The number of benzene rings is 1. The lowest BCUT2D eigenvalue weighted by molar-refractivity contribution is -0.124. The summed E-state index contributed by atoms with van der Waals surface area (Å²) >= 11 is 0. The first-order valence-corrected chi connectivity index (χ1v) is 9.27. The number of nitrogens with zero attached hydrogens (tertiary/aromatic N) is 4. The first-order chi connectivity index (χ1) is 13.0. The molecule has 0 bridgehead atoms. The van der Waals surface area contributed by atoms with Crippen molar-refractivity contribution in [3.63, 3.8) is 0 Å². The Morgan fingerprint density at radius 1 is 1.19 bits per heavy atom. The van der Waals surface area contributed by atoms with Gasteiger partial charge in [0.25, 0.3) is 5.92 Å². The average molecular weight is 376 g/mol. The third-order valence-corrected chi connectivity index (χ3v) is 5.26. The Morgan fingerprint density at radius 2 is 1.93 bits per heavy atom. The monoisotopic (exact) mass is 376 g/mol. The highest BCUT2D eigenvalue weighted by Crippen LogP contribution is 2.29. The van der Waals surface area contributed by atoms with E-state index in [-0.39, 0.29) is 18.0 Å². The summed E-state index contributed by atoms with van der Waals surface area (Å²) in [7, 11) is 0. The predicted octanol–water partition coefficient (Wildman–Crippen LogP) is 1.94. The molecule has 1 saturated carbocycles. The molecule has 1 aliphatic heterocycles. The van der Waals surface area contributed by atoms with Crippen LogP contribution in [0, 0.1) is 0 Å². The lowest BCUT2D eigenvalue weighted by Gasteiger charge is -2.29. The number of tetrazole rings is 1. The van der Waals surface area contributed by atoms with Crippen molar-refractivity contribution in [1.29, 1.82) is 0 Å². The molecular formula is C18H22F2N6O. The van der Waals surface area contributed by atoms with Crippen molar-refractivity contribution in [3.05, 3.63) is 30.3 Å². The fourth-order valence-corrected chi connectivity index (χ4v) is 3.74. The van der Waals surface area contributed by atoms with E-state index in [0.717, 1.165) is 31.2 Å². The van der Waals surface area contributed by atoms with E-state index >= 15 is 0 Å². The Labute approximate surface area is 155 Å². The number of halogens is 2. The fourth-order valence-electron chi connectivity index (χ4n) is 3.74. The zero-order valence-corrected chi connectivity index (χ0v) is 14.8. The molecule has 2 aliphatic rings. The Hall–Kier alpha value is -2.42. The molecule has 4 rings (SSSR count). The van der Waals surface area contributed by atoms with Gasteiger partial charge in [-0.2, -0.15) is 4.80 Å². The van der Waals surface area contributed by atoms with Gasteiger partial charge < -0.3 is 5.32 Å². The maximum absolute atomic E-state index is 13.2. The van der Waals surface area contributed by atoms with E-state index in [2.05, 4.69) is 26.0 Å². The van der Waals surface area contributed by atoms with Crippen LogP contribution in [0.15, 0.2) is 30.3 Å². The van der Waals surface area contributed by atoms with Crippen molar-refractivity contribution >= 4 is 5.91 Å². The number of hydrogen-bond acceptors (Lipinski definition) is 5. The van der Waals surface area contributed by atoms with Gasteiger partial charge in [0.2, 0.25) is 11.7 Å². The van der Waals surface area contributed by atoms with Crippen molar-refractivity contribution < 1.29 is 13.6 Å². The molecule has 9 heteroatoms. The van der Waals surface area contributed by atoms with Crippen LogP contribution in [-0.4, -0.2) is 50.7 Å². The highest BCUT2D eigenvalue weighted by Gasteiger charge is 2.42. The molecule has 1 aromatic carbocycles. The second kappa shape index (κ2) is 7.30. The molecule has 2 fully saturated rings. The molecule has 1 aliphatic carbocycles. The quantitative estimate of drug-likeness (QED) is 0.852. The molecule has 0 unspecified atom stereocenters. The largest absolute Gasteiger partial charge is 0.352 e. The van der Waals surface area contributed by atoms with Gasteiger partial charge >= 0.3 is 0 Å². The van der Waals surface area contributed by atoms with E-state index in [1.807, 2.05) is 30.3 Å². The number of carbonyl (C=O) groups excluding carboxylic acids is 1. The van der Waals surface area contributed by atoms with Crippen LogP contribution in [0.4, 0.5) is 8.78 Å². The topological polar surface area (TPSA) is 84.7 Å². The Balaban J connectivity index is 1.29. The molecule has 0 spiro atoms. The van der Waals surface area contributed by atoms with Crippen LogP contribution in [-0.2, 0) is 4.79 Å². The smallest absolute Gasteiger partial charge is 0.262 e. The maximum atomic E-state index is 13.2. The van der Waals surface area contributed by atoms with E-state index in [0.29, 0.717) is 5.82 Å². The Bertz CT molecular complexity index is 788. The minimum Gasteiger partial charge on any atom is -0.352 e. The van der Waals surface area contributed by atoms with E-state index in [1.165, 1.54) is 0 Å². The van der Waals surface area contributed by atoms with E-state index in [1.54, 1.807) is 4.80 Å². The molecule has 1 atom stereocenters. The zero-order valence-electron chi connectivity index (χ0n) is 14.8. The van der Waals surface area contributed by atoms with Crippen molar-refractivity contribution in [1.82, 2.24) is 30.8 Å². The lowest BCUT2D eigenvalue weighted by atomic mass is 9.91. The number of alkyl halides is 2. The summed E-state index contributed by atoms with van der Waals surface area (Å²) in [4.78, 5) is 13.8. The number of rotatable bonds is 4. The summed E-state index contributed by atoms with van der Waals surface area (Å²) in [6.45, 7) is -0.431. The standard InChI is InChI=1S/C18H22F2N6O/c19-18(20)10-15(21-11-18)17(27)22-13-6-8-14(9-7-13)26-24-16(23-25-26)12-4-2-1-3-5-12/h1-5,13-15,21H,6-11H2,(H,22,27)/t13?,14?,15-/m0/s1. The number of nitrogens with one attached hydrogen (secondary N) is 2. The highest BCUT2D eigenvalue weighted by molar-refractivity contribution is 5.82. The number of carbonyl (C=O) groups is 1. The van der Waals surface area contributed by atoms with Gasteiger partial charge in [0, 0.05) is 18.0 Å². The van der Waals surface area contributed by atoms with Crippen LogP contribution in [0.25, 0.3) is 11.4 Å². The maximum Gasteiger partial charge on any atom is 0.262 e. The predicted molar refractivity (Wildman–Crippen MR) is 94.0 cm³/mol. The van der Waals surface area contributed by atoms with Crippen LogP contribution in [0.2, 0.25) is 0 Å². The van der Waals surface area contributed by atoms with Crippen LogP contribution in [0.3, 0.4) is 0 Å². The fraction of sp³-hybridized carbons (Fsp3) is 0.556. The molecule has 27 heavy (non-hydrogen) atoms. The molecule has 0 radical (unpaired) electrons. The minimum atomic E-state index is -2.80. The molecule has 144 valence electrons. The number of aromatic nitrogens is 4. The molecule has 2 heterocycles. The molecule has 1 amide bonds. The van der Waals surface area contributed by atoms with Gasteiger partial charge in [0.15, 0.2) is 0 Å². The summed E-state index contributed by atoms with van der Waals surface area (Å²) in [5.41, 5.74) is 0.922. The number of hydrogen-bond donors (Lipinski definition) is 2. The van der Waals surface area contributed by atoms with Crippen molar-refractivity contribution in [2.45, 2.75) is 56.2 Å². The molecule has 2 aromatic rings. The second-order valence-electron chi connectivity index (χ2n) is 7.31. The van der Waals surface area contributed by atoms with Crippen LogP contribution in [0.1, 0.15) is 38.1 Å². The van der Waals surface area contributed by atoms with Crippen molar-refractivity contribution in [3.8, 4) is 11.4 Å². The molecule has 1 aromatic heterocycles. The molecule has 7 nitrogen and oxygen atoms in total. The molecular weight excluding hydrogens is 354 g/mol. The highest BCUT2D eigenvalue weighted by atomic mass is 19.3. The second-order valence-corrected chi connectivity index (χ2v) is 7.31. The van der Waals surface area contributed by atoms with Gasteiger partial charge in [-0.05, 0) is 30.9 Å². The summed E-state index contributed by atoms with van der Waals surface area (Å²) in [5, 5.41) is 18.3. The minimum absolute atomic E-state index is 0.00175. The first kappa shape index (κ1) is 18.0. The average Bonchev–Trinajstić information content (AvgIpc) is 3.30. The Morgan fingerprint density at radius 3 is 2.59 bits per heavy atom. The van der Waals surface area contributed by atoms with Gasteiger partial charge in [-0.25, -0.2) is 8.78 Å². The zero-order chi connectivity index (χ0) is 18.9. The van der Waals surface area contributed by atoms with Gasteiger partial charge in [-0.1, -0.05) is 30.3 Å². The van der Waals surface area contributed by atoms with E-state index < -0.39 is 24.9 Å². The van der Waals surface area contributed by atoms with Crippen molar-refractivity contribution in [2.75, 3.05) is 6.54 Å². The van der Waals surface area contributed by atoms with E-state index in [9.17, 15) is 13.6 Å². The third kappa shape index (κ3) is 4.13. The van der Waals surface area contributed by atoms with Gasteiger partial charge in [-0.15, -0.1) is 10.2 Å². The van der Waals surface area contributed by atoms with E-state index in [4.69, 9.17) is 0 Å². The first-order valence-electron chi connectivity index (χ1n) is 9.27. The van der Waals surface area contributed by atoms with Crippen molar-refractivity contribution in [2.24, 2.45) is 0 Å². The lowest BCUT2D eigenvalue weighted by Crippen LogP contribution is -2.46. The summed E-state index contributed by atoms with van der Waals surface area (Å²) in [6.07, 6.45) is 2.72. The summed E-state index contributed by atoms with van der Waals surface area (Å²) in [6, 6.07) is 9.01. The molecule has 2 N–H and O–H groups in total. The summed E-state index contributed by atoms with van der Waals surface area (Å²) in [5.74, 6) is -2.53. The number of amides is 1.